The second kappa shape index (κ2) is 4.55. The van der Waals surface area contributed by atoms with Crippen LogP contribution >= 0.6 is 15.9 Å². The van der Waals surface area contributed by atoms with Gasteiger partial charge in [-0.25, -0.2) is 4.68 Å². The molecule has 0 aromatic carbocycles. The maximum Gasteiger partial charge on any atom is 0.283 e. The lowest BCUT2D eigenvalue weighted by atomic mass is 9.89. The van der Waals surface area contributed by atoms with E-state index in [4.69, 9.17) is 5.11 Å². The molecule has 5 nitrogen and oxygen atoms in total. The van der Waals surface area contributed by atoms with Crippen molar-refractivity contribution >= 4 is 21.6 Å². The summed E-state index contributed by atoms with van der Waals surface area (Å²) in [5.74, 6) is 0. The fourth-order valence-corrected chi connectivity index (χ4v) is 2.14. The van der Waals surface area contributed by atoms with E-state index >= 15 is 0 Å². The van der Waals surface area contributed by atoms with Crippen molar-refractivity contribution in [2.24, 2.45) is 0 Å². The number of hydrogen-bond donors (Lipinski definition) is 2. The maximum absolute atomic E-state index is 11.7. The second-order valence-electron chi connectivity index (χ2n) is 3.96. The van der Waals surface area contributed by atoms with Crippen molar-refractivity contribution in [1.82, 2.24) is 9.78 Å². The smallest absolute Gasteiger partial charge is 0.283 e. The first-order valence-corrected chi connectivity index (χ1v) is 6.11. The van der Waals surface area contributed by atoms with Crippen LogP contribution in [0.4, 0.5) is 5.69 Å². The monoisotopic (exact) mass is 287 g/mol. The minimum Gasteiger partial charge on any atom is -0.393 e. The van der Waals surface area contributed by atoms with Crippen LogP contribution in [0.1, 0.15) is 19.8 Å². The van der Waals surface area contributed by atoms with Gasteiger partial charge in [0, 0.05) is 12.6 Å². The number of hydrogen-bond acceptors (Lipinski definition) is 4. The topological polar surface area (TPSA) is 67.2 Å². The lowest BCUT2D eigenvalue weighted by Gasteiger charge is -2.32. The van der Waals surface area contributed by atoms with Gasteiger partial charge in [0.05, 0.1) is 18.0 Å². The molecule has 0 spiro atoms. The van der Waals surface area contributed by atoms with E-state index in [0.29, 0.717) is 16.7 Å². The molecular weight excluding hydrogens is 274 g/mol. The van der Waals surface area contributed by atoms with E-state index in [-0.39, 0.29) is 17.7 Å². The molecule has 2 rings (SSSR count). The minimum absolute atomic E-state index is 0.132. The standard InChI is InChI=1S/C10H14BrN3O2/c1-2-14-10(16)9(11)8(5-12-14)13-6-3-7(15)4-6/h5-7,13,15H,2-4H2,1H3. The number of aryl methyl sites for hydroxylation is 1. The largest absolute Gasteiger partial charge is 0.393 e. The van der Waals surface area contributed by atoms with Crippen LogP contribution in [0.5, 0.6) is 0 Å². The Hall–Kier alpha value is -0.880. The highest BCUT2D eigenvalue weighted by Crippen LogP contribution is 2.26. The van der Waals surface area contributed by atoms with Gasteiger partial charge >= 0.3 is 0 Å². The van der Waals surface area contributed by atoms with E-state index in [1.807, 2.05) is 6.92 Å². The number of aliphatic hydroxyl groups is 1. The fraction of sp³-hybridized carbons (Fsp3) is 0.600. The first-order chi connectivity index (χ1) is 7.61. The first-order valence-electron chi connectivity index (χ1n) is 5.32. The SMILES string of the molecule is CCn1ncc(NC2CC(O)C2)c(Br)c1=O. The average Bonchev–Trinajstić information content (AvgIpc) is 2.23. The van der Waals surface area contributed by atoms with Crippen LogP contribution in [-0.2, 0) is 6.54 Å². The molecule has 0 radical (unpaired) electrons. The number of aromatic nitrogens is 2. The van der Waals surface area contributed by atoms with E-state index in [9.17, 15) is 4.79 Å². The maximum atomic E-state index is 11.7. The molecule has 1 fully saturated rings. The number of anilines is 1. The van der Waals surface area contributed by atoms with Crippen LogP contribution in [0.2, 0.25) is 0 Å². The first kappa shape index (κ1) is 11.6. The Morgan fingerprint density at radius 1 is 1.69 bits per heavy atom. The Balaban J connectivity index is 2.16. The van der Waals surface area contributed by atoms with E-state index in [1.165, 1.54) is 4.68 Å². The third kappa shape index (κ3) is 2.12. The van der Waals surface area contributed by atoms with Gasteiger partial charge in [-0.15, -0.1) is 0 Å². The Bertz CT molecular complexity index is 440. The van der Waals surface area contributed by atoms with E-state index < -0.39 is 0 Å². The zero-order chi connectivity index (χ0) is 11.7. The summed E-state index contributed by atoms with van der Waals surface area (Å²) >= 11 is 3.27. The summed E-state index contributed by atoms with van der Waals surface area (Å²) in [6.07, 6.45) is 2.88. The zero-order valence-electron chi connectivity index (χ0n) is 8.98. The van der Waals surface area contributed by atoms with E-state index in [0.717, 1.165) is 12.8 Å². The molecule has 6 heteroatoms. The highest BCUT2D eigenvalue weighted by molar-refractivity contribution is 9.10. The van der Waals surface area contributed by atoms with Gasteiger partial charge in [0.2, 0.25) is 0 Å². The zero-order valence-corrected chi connectivity index (χ0v) is 10.6. The van der Waals surface area contributed by atoms with Crippen LogP contribution in [0.25, 0.3) is 0 Å². The summed E-state index contributed by atoms with van der Waals surface area (Å²) in [6.45, 7) is 2.43. The van der Waals surface area contributed by atoms with Gasteiger partial charge in [-0.3, -0.25) is 4.79 Å². The summed E-state index contributed by atoms with van der Waals surface area (Å²) in [5, 5.41) is 16.4. The van der Waals surface area contributed by atoms with Crippen molar-refractivity contribution in [2.45, 2.75) is 38.5 Å². The molecule has 0 atom stereocenters. The minimum atomic E-state index is -0.208. The summed E-state index contributed by atoms with van der Waals surface area (Å²) < 4.78 is 1.90. The Kier molecular flexibility index (Phi) is 3.30. The third-order valence-electron chi connectivity index (χ3n) is 2.76. The molecular formula is C10H14BrN3O2. The van der Waals surface area contributed by atoms with Gasteiger partial charge in [-0.1, -0.05) is 0 Å². The van der Waals surface area contributed by atoms with Crippen LogP contribution < -0.4 is 10.9 Å². The van der Waals surface area contributed by atoms with E-state index in [2.05, 4.69) is 26.3 Å². The Labute approximate surface area is 102 Å². The lowest BCUT2D eigenvalue weighted by molar-refractivity contribution is 0.0836. The molecule has 0 saturated heterocycles. The predicted molar refractivity (Wildman–Crippen MR) is 64.5 cm³/mol. The molecule has 0 bridgehead atoms. The summed E-state index contributed by atoms with van der Waals surface area (Å²) in [6, 6.07) is 0.241. The van der Waals surface area contributed by atoms with Gasteiger partial charge in [-0.2, -0.15) is 5.10 Å². The molecule has 0 amide bonds. The number of aliphatic hydroxyl groups excluding tert-OH is 1. The van der Waals surface area contributed by atoms with Crippen molar-refractivity contribution in [3.63, 3.8) is 0 Å². The number of nitrogens with one attached hydrogen (secondary N) is 1. The molecule has 16 heavy (non-hydrogen) atoms. The molecule has 2 N–H and O–H groups in total. The van der Waals surface area contributed by atoms with Crippen molar-refractivity contribution in [2.75, 3.05) is 5.32 Å². The molecule has 1 heterocycles. The third-order valence-corrected chi connectivity index (χ3v) is 3.52. The summed E-state index contributed by atoms with van der Waals surface area (Å²) in [4.78, 5) is 11.7. The van der Waals surface area contributed by atoms with Gasteiger partial charge in [0.25, 0.3) is 5.56 Å². The van der Waals surface area contributed by atoms with Crippen molar-refractivity contribution in [3.8, 4) is 0 Å². The van der Waals surface area contributed by atoms with Gasteiger partial charge < -0.3 is 10.4 Å². The Morgan fingerprint density at radius 3 is 2.94 bits per heavy atom. The molecule has 88 valence electrons. The van der Waals surface area contributed by atoms with Gasteiger partial charge in [-0.05, 0) is 35.7 Å². The average molecular weight is 288 g/mol. The van der Waals surface area contributed by atoms with Crippen LogP contribution in [0, 0.1) is 0 Å². The highest BCUT2D eigenvalue weighted by Gasteiger charge is 2.27. The van der Waals surface area contributed by atoms with Crippen molar-refractivity contribution in [3.05, 3.63) is 21.0 Å². The summed E-state index contributed by atoms with van der Waals surface area (Å²) in [7, 11) is 0. The fourth-order valence-electron chi connectivity index (χ4n) is 1.72. The quantitative estimate of drug-likeness (QED) is 0.869. The molecule has 1 aliphatic rings. The van der Waals surface area contributed by atoms with Crippen LogP contribution in [0.3, 0.4) is 0 Å². The molecule has 1 aromatic heterocycles. The Morgan fingerprint density at radius 2 is 2.38 bits per heavy atom. The highest BCUT2D eigenvalue weighted by atomic mass is 79.9. The number of rotatable bonds is 3. The van der Waals surface area contributed by atoms with Gasteiger partial charge in [0.1, 0.15) is 4.47 Å². The lowest BCUT2D eigenvalue weighted by Crippen LogP contribution is -2.39. The molecule has 0 aliphatic heterocycles. The number of nitrogens with zero attached hydrogens (tertiary/aromatic N) is 2. The molecule has 1 aliphatic carbocycles. The molecule has 1 saturated carbocycles. The van der Waals surface area contributed by atoms with Gasteiger partial charge in [0.15, 0.2) is 0 Å². The number of halogens is 1. The summed E-state index contributed by atoms with van der Waals surface area (Å²) in [5.41, 5.74) is 0.568. The molecule has 1 aromatic rings. The predicted octanol–water partition coefficient (Wildman–Crippen LogP) is 0.961. The van der Waals surface area contributed by atoms with Crippen molar-refractivity contribution < 1.29 is 5.11 Å². The van der Waals surface area contributed by atoms with Crippen LogP contribution in [0.15, 0.2) is 15.5 Å². The normalized spacial score (nSPS) is 23.9. The van der Waals surface area contributed by atoms with Crippen LogP contribution in [-0.4, -0.2) is 27.0 Å². The molecule has 0 unspecified atom stereocenters. The second-order valence-corrected chi connectivity index (χ2v) is 4.75. The van der Waals surface area contributed by atoms with Crippen molar-refractivity contribution in [1.29, 1.82) is 0 Å². The van der Waals surface area contributed by atoms with E-state index in [1.54, 1.807) is 6.20 Å².